The highest BCUT2D eigenvalue weighted by molar-refractivity contribution is 9.10. The van der Waals surface area contributed by atoms with E-state index in [0.717, 1.165) is 0 Å². The first kappa shape index (κ1) is 25.0. The van der Waals surface area contributed by atoms with E-state index < -0.39 is 21.4 Å². The number of aryl methyl sites for hydroxylation is 1. The topological polar surface area (TPSA) is 126 Å². The van der Waals surface area contributed by atoms with Crippen molar-refractivity contribution in [2.45, 2.75) is 51.2 Å². The van der Waals surface area contributed by atoms with E-state index in [9.17, 15) is 14.1 Å². The molecule has 3 N–H and O–H groups in total. The third-order valence-corrected chi connectivity index (χ3v) is 6.86. The van der Waals surface area contributed by atoms with Gasteiger partial charge in [0, 0.05) is 18.1 Å². The zero-order valence-corrected chi connectivity index (χ0v) is 20.8. The molecule has 1 aromatic carbocycles. The van der Waals surface area contributed by atoms with E-state index in [1.165, 1.54) is 6.26 Å². The van der Waals surface area contributed by atoms with Crippen LogP contribution in [0.3, 0.4) is 0 Å². The first-order chi connectivity index (χ1) is 14.3. The van der Waals surface area contributed by atoms with E-state index in [0.29, 0.717) is 32.4 Å². The Kier molecular flexibility index (Phi) is 8.01. The fraction of sp³-hybridized carbons (Fsp3) is 0.450. The van der Waals surface area contributed by atoms with Crippen LogP contribution in [0.25, 0.3) is 0 Å². The molecule has 2 aromatic rings. The third-order valence-electron chi connectivity index (χ3n) is 4.51. The molecule has 170 valence electrons. The summed E-state index contributed by atoms with van der Waals surface area (Å²) in [7, 11) is -2.94. The second kappa shape index (κ2) is 9.92. The molecule has 0 spiro atoms. The molecule has 0 bridgehead atoms. The summed E-state index contributed by atoms with van der Waals surface area (Å²) in [6.07, 6.45) is 2.16. The number of carbonyl (C=O) groups is 1. The van der Waals surface area contributed by atoms with Crippen LogP contribution >= 0.6 is 15.9 Å². The molecule has 9 nitrogen and oxygen atoms in total. The van der Waals surface area contributed by atoms with Crippen molar-refractivity contribution < 1.29 is 18.8 Å². The van der Waals surface area contributed by atoms with Gasteiger partial charge < -0.3 is 20.5 Å². The standard InChI is InChI=1S/C20H28BrN5O4S/c1-7-30-19(27)26-31(6,29)16-9-8-14(10-12(16)2)24-18-22-11-15(21)17(25-18)23-13(3)20(4,5)28/h8-11,13,28H,7H2,1-6H3,(H2,22,23,24,25)/t13-,31?/m1/s1. The normalized spacial score (nSPS) is 14.3. The smallest absolute Gasteiger partial charge is 0.442 e. The minimum atomic E-state index is -2.94. The number of nitrogens with one attached hydrogen (secondary N) is 2. The molecule has 0 aliphatic carbocycles. The maximum atomic E-state index is 12.9. The van der Waals surface area contributed by atoms with Crippen molar-refractivity contribution in [1.29, 1.82) is 0 Å². The zero-order chi connectivity index (χ0) is 23.4. The molecule has 0 fully saturated rings. The van der Waals surface area contributed by atoms with Crippen molar-refractivity contribution in [1.82, 2.24) is 9.97 Å². The lowest BCUT2D eigenvalue weighted by Crippen LogP contribution is -2.39. The average molecular weight is 514 g/mol. The van der Waals surface area contributed by atoms with E-state index in [2.05, 4.69) is 40.9 Å². The fourth-order valence-corrected chi connectivity index (χ4v) is 4.25. The van der Waals surface area contributed by atoms with E-state index >= 15 is 0 Å². The highest BCUT2D eigenvalue weighted by Crippen LogP contribution is 2.26. The molecule has 0 aliphatic rings. The largest absolute Gasteiger partial charge is 0.448 e. The molecular weight excluding hydrogens is 486 g/mol. The summed E-state index contributed by atoms with van der Waals surface area (Å²) < 4.78 is 22.0. The Morgan fingerprint density at radius 1 is 1.42 bits per heavy atom. The molecule has 2 rings (SSSR count). The van der Waals surface area contributed by atoms with E-state index in [4.69, 9.17) is 4.74 Å². The summed E-state index contributed by atoms with van der Waals surface area (Å²) in [6.45, 7) is 8.88. The molecular formula is C20H28BrN5O4S. The number of nitrogens with zero attached hydrogens (tertiary/aromatic N) is 3. The number of hydrogen-bond acceptors (Lipinski definition) is 8. The average Bonchev–Trinajstić information content (AvgIpc) is 2.63. The Hall–Kier alpha value is -2.24. The number of aromatic nitrogens is 2. The van der Waals surface area contributed by atoms with Gasteiger partial charge in [-0.2, -0.15) is 4.98 Å². The van der Waals surface area contributed by atoms with Crippen LogP contribution in [0.4, 0.5) is 22.2 Å². The van der Waals surface area contributed by atoms with Gasteiger partial charge in [0.2, 0.25) is 5.95 Å². The predicted molar refractivity (Wildman–Crippen MR) is 125 cm³/mol. The lowest BCUT2D eigenvalue weighted by atomic mass is 10.0. The summed E-state index contributed by atoms with van der Waals surface area (Å²) in [5.41, 5.74) is 0.431. The van der Waals surface area contributed by atoms with Crippen LogP contribution in [0.1, 0.15) is 33.3 Å². The Morgan fingerprint density at radius 2 is 2.10 bits per heavy atom. The van der Waals surface area contributed by atoms with E-state index in [-0.39, 0.29) is 12.6 Å². The van der Waals surface area contributed by atoms with Gasteiger partial charge in [-0.15, -0.1) is 4.36 Å². The number of ether oxygens (including phenoxy) is 1. The van der Waals surface area contributed by atoms with Crippen molar-refractivity contribution in [2.75, 3.05) is 23.5 Å². The number of carbonyl (C=O) groups excluding carboxylic acids is 1. The Morgan fingerprint density at radius 3 is 2.68 bits per heavy atom. The monoisotopic (exact) mass is 513 g/mol. The molecule has 0 aliphatic heterocycles. The molecule has 1 unspecified atom stereocenters. The molecule has 1 amide bonds. The van der Waals surface area contributed by atoms with E-state index in [1.807, 2.05) is 6.92 Å². The molecule has 1 aromatic heterocycles. The van der Waals surface area contributed by atoms with Crippen LogP contribution in [-0.4, -0.2) is 49.9 Å². The van der Waals surface area contributed by atoms with Crippen molar-refractivity contribution in [2.24, 2.45) is 4.36 Å². The van der Waals surface area contributed by atoms with Gasteiger partial charge >= 0.3 is 6.09 Å². The van der Waals surface area contributed by atoms with Gasteiger partial charge in [0.15, 0.2) is 0 Å². The lowest BCUT2D eigenvalue weighted by molar-refractivity contribution is 0.0647. The Bertz CT molecular complexity index is 1080. The molecule has 2 atom stereocenters. The van der Waals surface area contributed by atoms with Crippen LogP contribution in [0.15, 0.2) is 38.1 Å². The van der Waals surface area contributed by atoms with Gasteiger partial charge in [-0.1, -0.05) is 0 Å². The summed E-state index contributed by atoms with van der Waals surface area (Å²) in [5, 5.41) is 16.4. The first-order valence-corrected chi connectivity index (χ1v) is 12.3. The summed E-state index contributed by atoms with van der Waals surface area (Å²) in [5.74, 6) is 0.875. The van der Waals surface area contributed by atoms with Gasteiger partial charge in [-0.05, 0) is 74.3 Å². The van der Waals surface area contributed by atoms with Crippen LogP contribution in [0.2, 0.25) is 0 Å². The van der Waals surface area contributed by atoms with Crippen molar-refractivity contribution in [3.63, 3.8) is 0 Å². The summed E-state index contributed by atoms with van der Waals surface area (Å²) >= 11 is 3.41. The van der Waals surface area contributed by atoms with Crippen molar-refractivity contribution >= 4 is 49.2 Å². The lowest BCUT2D eigenvalue weighted by Gasteiger charge is -2.27. The molecule has 0 radical (unpaired) electrons. The number of aliphatic hydroxyl groups is 1. The predicted octanol–water partition coefficient (Wildman–Crippen LogP) is 4.48. The highest BCUT2D eigenvalue weighted by atomic mass is 79.9. The Balaban J connectivity index is 2.27. The Labute approximate surface area is 191 Å². The van der Waals surface area contributed by atoms with Gasteiger partial charge in [0.25, 0.3) is 0 Å². The second-order valence-corrected chi connectivity index (χ2v) is 10.7. The highest BCUT2D eigenvalue weighted by Gasteiger charge is 2.23. The molecule has 31 heavy (non-hydrogen) atoms. The maximum absolute atomic E-state index is 12.9. The van der Waals surface area contributed by atoms with Crippen molar-refractivity contribution in [3.8, 4) is 0 Å². The van der Waals surface area contributed by atoms with Crippen LogP contribution in [0.5, 0.6) is 0 Å². The molecule has 1 heterocycles. The fourth-order valence-electron chi connectivity index (χ4n) is 2.53. The van der Waals surface area contributed by atoms with Crippen molar-refractivity contribution in [3.05, 3.63) is 34.4 Å². The van der Waals surface area contributed by atoms with Crippen LogP contribution in [0, 0.1) is 6.92 Å². The number of halogens is 1. The zero-order valence-electron chi connectivity index (χ0n) is 18.4. The first-order valence-electron chi connectivity index (χ1n) is 9.61. The number of benzene rings is 1. The van der Waals surface area contributed by atoms with Gasteiger partial charge in [-0.25, -0.2) is 14.0 Å². The van der Waals surface area contributed by atoms with Crippen LogP contribution < -0.4 is 10.6 Å². The molecule has 11 heteroatoms. The minimum absolute atomic E-state index is 0.165. The van der Waals surface area contributed by atoms with Gasteiger partial charge in [-0.3, -0.25) is 0 Å². The summed E-state index contributed by atoms with van der Waals surface area (Å²) in [6, 6.07) is 4.88. The number of rotatable bonds is 7. The molecule has 0 saturated carbocycles. The van der Waals surface area contributed by atoms with Gasteiger partial charge in [0.1, 0.15) is 5.82 Å². The SMILES string of the molecule is CCOC(=O)N=S(C)(=O)c1ccc(Nc2ncc(Br)c(N[C@H](C)C(C)(C)O)n2)cc1C. The number of amides is 1. The summed E-state index contributed by atoms with van der Waals surface area (Å²) in [4.78, 5) is 20.8. The minimum Gasteiger partial charge on any atom is -0.448 e. The molecule has 0 saturated heterocycles. The number of anilines is 3. The maximum Gasteiger partial charge on any atom is 0.442 e. The quantitative estimate of drug-likeness (QED) is 0.494. The third kappa shape index (κ3) is 6.88. The van der Waals surface area contributed by atoms with E-state index in [1.54, 1.807) is 52.1 Å². The van der Waals surface area contributed by atoms with Gasteiger partial charge in [0.05, 0.1) is 37.3 Å². The second-order valence-electron chi connectivity index (χ2n) is 7.61. The van der Waals surface area contributed by atoms with Crippen LogP contribution in [-0.2, 0) is 14.5 Å². The number of hydrogen-bond donors (Lipinski definition) is 3.